The zero-order valence-electron chi connectivity index (χ0n) is 19.4. The lowest BCUT2D eigenvalue weighted by Gasteiger charge is -1.82. The Bertz CT molecular complexity index is 452. The van der Waals surface area contributed by atoms with Gasteiger partial charge in [0.15, 0.2) is 0 Å². The molecule has 0 aliphatic heterocycles. The van der Waals surface area contributed by atoms with E-state index in [4.69, 9.17) is 0 Å². The van der Waals surface area contributed by atoms with E-state index in [1.165, 1.54) is 11.8 Å². The van der Waals surface area contributed by atoms with Crippen LogP contribution in [0.4, 0.5) is 0 Å². The maximum absolute atomic E-state index is 3.71. The second-order valence-corrected chi connectivity index (χ2v) is 4.31. The fourth-order valence-corrected chi connectivity index (χ4v) is 0.894. The Balaban J connectivity index is -0.0000000785. The molecule has 0 saturated carbocycles. The predicted molar refractivity (Wildman–Crippen MR) is 132 cm³/mol. The van der Waals surface area contributed by atoms with E-state index in [0.29, 0.717) is 0 Å². The standard InChI is InChI=1S/C7H8.2C6H9N.3C2H6/c1-7-5-3-2-4-6-7;1-6(2)4-5-7-3;1-4-7-5-6(2)3;3*1-2/h2-6H,1H3;4-5H,1,3H2,2H3;4-5H,1-2H2,3H3;3*1-2H3/b;5-4-;;;;. The molecule has 0 atom stereocenters. The van der Waals surface area contributed by atoms with E-state index in [-0.39, 0.29) is 0 Å². The highest BCUT2D eigenvalue weighted by Crippen LogP contribution is 1.92. The van der Waals surface area contributed by atoms with Gasteiger partial charge in [0, 0.05) is 18.6 Å². The molecular formula is C25H44N2. The number of nitrogens with zero attached hydrogens (tertiary/aromatic N) is 2. The number of rotatable bonds is 4. The van der Waals surface area contributed by atoms with Gasteiger partial charge in [-0.15, -0.1) is 0 Å². The summed E-state index contributed by atoms with van der Waals surface area (Å²) in [5, 5.41) is 0. The first-order valence-electron chi connectivity index (χ1n) is 9.53. The van der Waals surface area contributed by atoms with Crippen molar-refractivity contribution in [2.24, 2.45) is 9.98 Å². The summed E-state index contributed by atoms with van der Waals surface area (Å²) in [5.41, 5.74) is 3.26. The lowest BCUT2D eigenvalue weighted by Crippen LogP contribution is -1.68. The van der Waals surface area contributed by atoms with Crippen LogP contribution in [0, 0.1) is 6.92 Å². The van der Waals surface area contributed by atoms with Crippen molar-refractivity contribution in [3.63, 3.8) is 0 Å². The smallest absolute Gasteiger partial charge is 0.0290 e. The minimum absolute atomic E-state index is 0.944. The van der Waals surface area contributed by atoms with E-state index in [1.807, 2.05) is 73.6 Å². The Morgan fingerprint density at radius 3 is 1.44 bits per heavy atom. The number of hydrogen-bond donors (Lipinski definition) is 0. The summed E-state index contributed by atoms with van der Waals surface area (Å²) >= 11 is 0. The first-order chi connectivity index (χ1) is 12.9. The van der Waals surface area contributed by atoms with Gasteiger partial charge < -0.3 is 0 Å². The van der Waals surface area contributed by atoms with Gasteiger partial charge in [0.25, 0.3) is 0 Å². The summed E-state index contributed by atoms with van der Waals surface area (Å²) in [5.74, 6) is 0. The maximum atomic E-state index is 3.71. The van der Waals surface area contributed by atoms with Crippen LogP contribution in [0.2, 0.25) is 0 Å². The van der Waals surface area contributed by atoms with Gasteiger partial charge in [0.2, 0.25) is 0 Å². The van der Waals surface area contributed by atoms with Gasteiger partial charge in [0.1, 0.15) is 0 Å². The molecule has 0 saturated heterocycles. The summed E-state index contributed by atoms with van der Waals surface area (Å²) in [6, 6.07) is 10.3. The Morgan fingerprint density at radius 1 is 0.852 bits per heavy atom. The molecule has 1 aromatic rings. The van der Waals surface area contributed by atoms with Crippen LogP contribution in [0.15, 0.2) is 89.7 Å². The van der Waals surface area contributed by atoms with Crippen molar-refractivity contribution in [3.05, 3.63) is 85.3 Å². The van der Waals surface area contributed by atoms with E-state index in [1.54, 1.807) is 18.5 Å². The molecule has 0 aliphatic rings. The maximum Gasteiger partial charge on any atom is 0.0290 e. The van der Waals surface area contributed by atoms with Crippen molar-refractivity contribution in [2.45, 2.75) is 62.3 Å². The van der Waals surface area contributed by atoms with E-state index in [9.17, 15) is 0 Å². The van der Waals surface area contributed by atoms with Crippen LogP contribution in [0.1, 0.15) is 61.0 Å². The van der Waals surface area contributed by atoms with E-state index >= 15 is 0 Å². The number of benzene rings is 1. The quantitative estimate of drug-likeness (QED) is 0.373. The molecule has 0 fully saturated rings. The zero-order valence-corrected chi connectivity index (χ0v) is 19.4. The monoisotopic (exact) mass is 372 g/mol. The fraction of sp³-hybridized carbons (Fsp3) is 0.360. The summed E-state index contributed by atoms with van der Waals surface area (Å²) < 4.78 is 0. The van der Waals surface area contributed by atoms with Crippen LogP contribution in [0.3, 0.4) is 0 Å². The summed E-state index contributed by atoms with van der Waals surface area (Å²) in [4.78, 5) is 7.20. The van der Waals surface area contributed by atoms with Gasteiger partial charge in [-0.2, -0.15) is 0 Å². The molecule has 27 heavy (non-hydrogen) atoms. The molecule has 2 nitrogen and oxygen atoms in total. The van der Waals surface area contributed by atoms with Gasteiger partial charge in [-0.3, -0.25) is 9.98 Å². The van der Waals surface area contributed by atoms with Gasteiger partial charge in [0.05, 0.1) is 0 Å². The SMILES string of the molecule is C=CN=CC(=C)C.C=N/C=C\C(=C)C.CC.CC.CC.Cc1ccccc1. The second-order valence-electron chi connectivity index (χ2n) is 4.31. The van der Waals surface area contributed by atoms with Gasteiger partial charge in [-0.25, -0.2) is 0 Å². The van der Waals surface area contributed by atoms with Crippen LogP contribution in [0.5, 0.6) is 0 Å². The summed E-state index contributed by atoms with van der Waals surface area (Å²) in [6.45, 7) is 31.7. The summed E-state index contributed by atoms with van der Waals surface area (Å²) in [7, 11) is 0. The third-order valence-electron chi connectivity index (χ3n) is 1.81. The van der Waals surface area contributed by atoms with Crippen molar-refractivity contribution in [3.8, 4) is 0 Å². The highest BCUT2D eigenvalue weighted by molar-refractivity contribution is 5.77. The summed E-state index contributed by atoms with van der Waals surface area (Å²) in [6.07, 6.45) is 6.55. The van der Waals surface area contributed by atoms with Crippen molar-refractivity contribution < 1.29 is 0 Å². The van der Waals surface area contributed by atoms with E-state index in [0.717, 1.165) is 11.1 Å². The van der Waals surface area contributed by atoms with Crippen molar-refractivity contribution in [1.82, 2.24) is 0 Å². The number of hydrogen-bond acceptors (Lipinski definition) is 2. The van der Waals surface area contributed by atoms with Crippen LogP contribution in [-0.4, -0.2) is 12.9 Å². The molecule has 0 N–H and O–H groups in total. The molecule has 2 heteroatoms. The molecule has 0 aliphatic carbocycles. The first kappa shape index (κ1) is 35.6. The second kappa shape index (κ2) is 38.9. The third kappa shape index (κ3) is 59.6. The highest BCUT2D eigenvalue weighted by Gasteiger charge is 1.72. The van der Waals surface area contributed by atoms with Gasteiger partial charge in [-0.05, 0) is 39.1 Å². The molecule has 0 unspecified atom stereocenters. The molecule has 0 bridgehead atoms. The number of allylic oxidation sites excluding steroid dienone is 3. The lowest BCUT2D eigenvalue weighted by molar-refractivity contribution is 1.48. The van der Waals surface area contributed by atoms with Crippen LogP contribution < -0.4 is 0 Å². The molecule has 0 amide bonds. The predicted octanol–water partition coefficient (Wildman–Crippen LogP) is 8.63. The van der Waals surface area contributed by atoms with Crippen LogP contribution >= 0.6 is 0 Å². The molecule has 0 radical (unpaired) electrons. The largest absolute Gasteiger partial charge is 0.273 e. The van der Waals surface area contributed by atoms with Crippen LogP contribution in [-0.2, 0) is 0 Å². The average Bonchev–Trinajstić information content (AvgIpc) is 2.71. The molecule has 0 spiro atoms. The minimum Gasteiger partial charge on any atom is -0.273 e. The third-order valence-corrected chi connectivity index (χ3v) is 1.81. The average molecular weight is 373 g/mol. The molecule has 154 valence electrons. The minimum atomic E-state index is 0.944. The fourth-order valence-electron chi connectivity index (χ4n) is 0.894. The van der Waals surface area contributed by atoms with Gasteiger partial charge in [-0.1, -0.05) is 103 Å². The molecular weight excluding hydrogens is 328 g/mol. The molecule has 1 aromatic carbocycles. The topological polar surface area (TPSA) is 24.7 Å². The van der Waals surface area contributed by atoms with Crippen molar-refractivity contribution >= 4 is 12.9 Å². The molecule has 1 rings (SSSR count). The normalized spacial score (nSPS) is 7.74. The number of aryl methyl sites for hydroxylation is 1. The molecule has 0 heterocycles. The Hall–Kier alpha value is -2.48. The zero-order chi connectivity index (χ0) is 22.5. The first-order valence-corrected chi connectivity index (χ1v) is 9.53. The van der Waals surface area contributed by atoms with Crippen molar-refractivity contribution in [2.75, 3.05) is 0 Å². The Labute approximate surface area is 170 Å². The Morgan fingerprint density at radius 2 is 1.30 bits per heavy atom. The highest BCUT2D eigenvalue weighted by atomic mass is 14.6. The number of aliphatic imine (C=N–C) groups is 2. The van der Waals surface area contributed by atoms with Gasteiger partial charge >= 0.3 is 0 Å². The lowest BCUT2D eigenvalue weighted by atomic mass is 10.2. The van der Waals surface area contributed by atoms with E-state index < -0.39 is 0 Å². The Kier molecular flexibility index (Phi) is 51.2. The van der Waals surface area contributed by atoms with Crippen LogP contribution in [0.25, 0.3) is 0 Å². The molecule has 0 aromatic heterocycles. The van der Waals surface area contributed by atoms with E-state index in [2.05, 4.69) is 55.5 Å². The van der Waals surface area contributed by atoms with Crippen molar-refractivity contribution in [1.29, 1.82) is 0 Å².